The first-order valence-corrected chi connectivity index (χ1v) is 7.03. The van der Waals surface area contributed by atoms with E-state index in [1.807, 2.05) is 7.05 Å². The average molecular weight is 259 g/mol. The Labute approximate surface area is 115 Å². The first-order chi connectivity index (χ1) is 9.06. The van der Waals surface area contributed by atoms with Gasteiger partial charge in [0.05, 0.1) is 0 Å². The standard InChI is InChI=1S/C16H25N3/c1-10(2)13(9-18-4)16(17)15-11(3)19-14-8-6-5-7-12(14)15/h5-8,10,13,16,18-19H,9,17H2,1-4H3. The number of H-pyrrole nitrogens is 1. The van der Waals surface area contributed by atoms with Gasteiger partial charge in [-0.2, -0.15) is 0 Å². The molecule has 0 amide bonds. The first kappa shape index (κ1) is 14.1. The summed E-state index contributed by atoms with van der Waals surface area (Å²) in [5, 5.41) is 4.53. The lowest BCUT2D eigenvalue weighted by Crippen LogP contribution is -2.33. The van der Waals surface area contributed by atoms with E-state index in [1.165, 1.54) is 22.2 Å². The van der Waals surface area contributed by atoms with E-state index in [4.69, 9.17) is 5.73 Å². The molecule has 4 N–H and O–H groups in total. The highest BCUT2D eigenvalue weighted by Crippen LogP contribution is 2.33. The highest BCUT2D eigenvalue weighted by molar-refractivity contribution is 5.85. The van der Waals surface area contributed by atoms with E-state index in [1.54, 1.807) is 0 Å². The van der Waals surface area contributed by atoms with Crippen molar-refractivity contribution in [3.05, 3.63) is 35.5 Å². The Morgan fingerprint density at radius 1 is 1.26 bits per heavy atom. The second kappa shape index (κ2) is 5.76. The fourth-order valence-electron chi connectivity index (χ4n) is 2.96. The van der Waals surface area contributed by atoms with Gasteiger partial charge in [0.15, 0.2) is 0 Å². The third-order valence-electron chi connectivity index (χ3n) is 4.03. The zero-order valence-electron chi connectivity index (χ0n) is 12.3. The predicted octanol–water partition coefficient (Wildman–Crippen LogP) is 2.97. The van der Waals surface area contributed by atoms with Crippen molar-refractivity contribution >= 4 is 10.9 Å². The van der Waals surface area contributed by atoms with Gasteiger partial charge < -0.3 is 16.0 Å². The molecule has 1 aromatic heterocycles. The van der Waals surface area contributed by atoms with Crippen LogP contribution in [0.4, 0.5) is 0 Å². The Morgan fingerprint density at radius 2 is 1.95 bits per heavy atom. The molecule has 2 unspecified atom stereocenters. The molecule has 3 heteroatoms. The van der Waals surface area contributed by atoms with Crippen LogP contribution < -0.4 is 11.1 Å². The lowest BCUT2D eigenvalue weighted by molar-refractivity contribution is 0.315. The van der Waals surface area contributed by atoms with Gasteiger partial charge in [0.25, 0.3) is 0 Å². The second-order valence-corrected chi connectivity index (χ2v) is 5.70. The molecule has 0 spiro atoms. The van der Waals surface area contributed by atoms with Crippen LogP contribution in [0.2, 0.25) is 0 Å². The van der Waals surface area contributed by atoms with Crippen molar-refractivity contribution in [3.8, 4) is 0 Å². The van der Waals surface area contributed by atoms with Crippen LogP contribution in [0.15, 0.2) is 24.3 Å². The lowest BCUT2D eigenvalue weighted by Gasteiger charge is -2.27. The predicted molar refractivity (Wildman–Crippen MR) is 82.2 cm³/mol. The van der Waals surface area contributed by atoms with Crippen LogP contribution in [0, 0.1) is 18.8 Å². The molecule has 3 nitrogen and oxygen atoms in total. The molecule has 0 aliphatic rings. The van der Waals surface area contributed by atoms with Gasteiger partial charge >= 0.3 is 0 Å². The van der Waals surface area contributed by atoms with Gasteiger partial charge in [0.2, 0.25) is 0 Å². The number of nitrogens with one attached hydrogen (secondary N) is 2. The van der Waals surface area contributed by atoms with Crippen LogP contribution in [0.3, 0.4) is 0 Å². The highest BCUT2D eigenvalue weighted by Gasteiger charge is 2.25. The summed E-state index contributed by atoms with van der Waals surface area (Å²) in [5.41, 5.74) is 10.2. The Morgan fingerprint density at radius 3 is 2.58 bits per heavy atom. The number of aryl methyl sites for hydroxylation is 1. The van der Waals surface area contributed by atoms with Gasteiger partial charge in [-0.05, 0) is 44.0 Å². The largest absolute Gasteiger partial charge is 0.358 e. The second-order valence-electron chi connectivity index (χ2n) is 5.70. The minimum Gasteiger partial charge on any atom is -0.358 e. The third kappa shape index (κ3) is 2.67. The van der Waals surface area contributed by atoms with Crippen LogP contribution in [0.5, 0.6) is 0 Å². The molecule has 2 rings (SSSR count). The summed E-state index contributed by atoms with van der Waals surface area (Å²) < 4.78 is 0. The molecule has 2 atom stereocenters. The zero-order chi connectivity index (χ0) is 14.0. The van der Waals surface area contributed by atoms with Gasteiger partial charge in [-0.1, -0.05) is 32.0 Å². The number of aromatic nitrogens is 1. The summed E-state index contributed by atoms with van der Waals surface area (Å²) in [6, 6.07) is 8.46. The maximum Gasteiger partial charge on any atom is 0.0459 e. The molecule has 1 heterocycles. The van der Waals surface area contributed by atoms with Gasteiger partial charge in [-0.3, -0.25) is 0 Å². The van der Waals surface area contributed by atoms with E-state index in [9.17, 15) is 0 Å². The van der Waals surface area contributed by atoms with Crippen molar-refractivity contribution in [2.24, 2.45) is 17.6 Å². The number of nitrogens with two attached hydrogens (primary N) is 1. The highest BCUT2D eigenvalue weighted by atomic mass is 14.8. The molecule has 0 bridgehead atoms. The molecule has 1 aromatic carbocycles. The number of hydrogen-bond acceptors (Lipinski definition) is 2. The van der Waals surface area contributed by atoms with Crippen LogP contribution in [0.25, 0.3) is 10.9 Å². The van der Waals surface area contributed by atoms with Crippen LogP contribution in [0.1, 0.15) is 31.1 Å². The fraction of sp³-hybridized carbons (Fsp3) is 0.500. The molecule has 0 aliphatic carbocycles. The molecule has 0 radical (unpaired) electrons. The Kier molecular flexibility index (Phi) is 4.27. The number of aromatic amines is 1. The number of para-hydroxylation sites is 1. The summed E-state index contributed by atoms with van der Waals surface area (Å²) in [5.74, 6) is 0.985. The van der Waals surface area contributed by atoms with Crippen molar-refractivity contribution in [2.45, 2.75) is 26.8 Å². The molecule has 19 heavy (non-hydrogen) atoms. The monoisotopic (exact) mass is 259 g/mol. The summed E-state index contributed by atoms with van der Waals surface area (Å²) in [6.07, 6.45) is 0. The van der Waals surface area contributed by atoms with E-state index >= 15 is 0 Å². The minimum atomic E-state index is 0.0589. The topological polar surface area (TPSA) is 53.8 Å². The van der Waals surface area contributed by atoms with Crippen LogP contribution >= 0.6 is 0 Å². The molecule has 0 aliphatic heterocycles. The van der Waals surface area contributed by atoms with E-state index in [2.05, 4.69) is 55.3 Å². The van der Waals surface area contributed by atoms with Gasteiger partial charge in [-0.25, -0.2) is 0 Å². The minimum absolute atomic E-state index is 0.0589. The van der Waals surface area contributed by atoms with Crippen LogP contribution in [-0.2, 0) is 0 Å². The van der Waals surface area contributed by atoms with E-state index in [0.717, 1.165) is 6.54 Å². The van der Waals surface area contributed by atoms with Gasteiger partial charge in [-0.15, -0.1) is 0 Å². The summed E-state index contributed by atoms with van der Waals surface area (Å²) in [6.45, 7) is 7.54. The summed E-state index contributed by atoms with van der Waals surface area (Å²) in [4.78, 5) is 3.44. The van der Waals surface area contributed by atoms with Crippen molar-refractivity contribution < 1.29 is 0 Å². The zero-order valence-corrected chi connectivity index (χ0v) is 12.3. The van der Waals surface area contributed by atoms with Crippen molar-refractivity contribution in [1.29, 1.82) is 0 Å². The van der Waals surface area contributed by atoms with Crippen molar-refractivity contribution in [2.75, 3.05) is 13.6 Å². The first-order valence-electron chi connectivity index (χ1n) is 7.03. The molecular formula is C16H25N3. The quantitative estimate of drug-likeness (QED) is 0.773. The number of rotatable bonds is 5. The Bertz CT molecular complexity index is 542. The van der Waals surface area contributed by atoms with E-state index < -0.39 is 0 Å². The lowest BCUT2D eigenvalue weighted by atomic mass is 9.84. The van der Waals surface area contributed by atoms with E-state index in [-0.39, 0.29) is 6.04 Å². The van der Waals surface area contributed by atoms with Crippen molar-refractivity contribution in [1.82, 2.24) is 10.3 Å². The van der Waals surface area contributed by atoms with Crippen LogP contribution in [-0.4, -0.2) is 18.6 Å². The summed E-state index contributed by atoms with van der Waals surface area (Å²) >= 11 is 0. The normalized spacial score (nSPS) is 15.1. The molecule has 2 aromatic rings. The molecular weight excluding hydrogens is 234 g/mol. The van der Waals surface area contributed by atoms with Gasteiger partial charge in [0, 0.05) is 22.6 Å². The Balaban J connectivity index is 2.44. The van der Waals surface area contributed by atoms with E-state index in [0.29, 0.717) is 11.8 Å². The number of benzene rings is 1. The summed E-state index contributed by atoms with van der Waals surface area (Å²) in [7, 11) is 1.99. The van der Waals surface area contributed by atoms with Gasteiger partial charge in [0.1, 0.15) is 0 Å². The maximum atomic E-state index is 6.58. The van der Waals surface area contributed by atoms with Crippen molar-refractivity contribution in [3.63, 3.8) is 0 Å². The average Bonchev–Trinajstić information content (AvgIpc) is 2.70. The molecule has 104 valence electrons. The molecule has 0 saturated heterocycles. The maximum absolute atomic E-state index is 6.58. The smallest absolute Gasteiger partial charge is 0.0459 e. The number of fused-ring (bicyclic) bond motifs is 1. The fourth-order valence-corrected chi connectivity index (χ4v) is 2.96. The molecule has 0 saturated carbocycles. The Hall–Kier alpha value is -1.32. The third-order valence-corrected chi connectivity index (χ3v) is 4.03. The SMILES string of the molecule is CNCC(C(C)C)C(N)c1c(C)[nH]c2ccccc12. The number of hydrogen-bond donors (Lipinski definition) is 3. The molecule has 0 fully saturated rings.